The number of hydrogen-bond acceptors (Lipinski definition) is 4. The minimum atomic E-state index is -0.0299. The second-order valence-electron chi connectivity index (χ2n) is 6.83. The summed E-state index contributed by atoms with van der Waals surface area (Å²) in [5.74, 6) is 0.103. The van der Waals surface area contributed by atoms with Crippen LogP contribution in [0.5, 0.6) is 0 Å². The normalized spacial score (nSPS) is 14.4. The molecular formula is C22H23N3O2. The molecule has 1 saturated heterocycles. The summed E-state index contributed by atoms with van der Waals surface area (Å²) in [5, 5.41) is 6.45. The van der Waals surface area contributed by atoms with Crippen LogP contribution >= 0.6 is 0 Å². The molecule has 0 atom stereocenters. The van der Waals surface area contributed by atoms with Crippen LogP contribution in [0.1, 0.15) is 22.3 Å². The number of Topliss-reactive ketones (excluding diaryl/α,β-unsaturated/α-hetero) is 1. The van der Waals surface area contributed by atoms with Crippen molar-refractivity contribution in [2.24, 2.45) is 0 Å². The maximum Gasteiger partial charge on any atom is 0.269 e. The molecule has 0 aliphatic carbocycles. The molecule has 5 nitrogen and oxygen atoms in total. The Morgan fingerprint density at radius 1 is 0.963 bits per heavy atom. The first-order valence-corrected chi connectivity index (χ1v) is 9.42. The van der Waals surface area contributed by atoms with Crippen molar-refractivity contribution in [3.8, 4) is 0 Å². The molecule has 0 saturated carbocycles. The highest BCUT2D eigenvalue weighted by Gasteiger charge is 2.16. The van der Waals surface area contributed by atoms with Crippen LogP contribution in [-0.2, 0) is 6.42 Å². The predicted octanol–water partition coefficient (Wildman–Crippen LogP) is 2.36. The quantitative estimate of drug-likeness (QED) is 0.709. The van der Waals surface area contributed by atoms with Crippen LogP contribution in [0.15, 0.2) is 65.5 Å². The van der Waals surface area contributed by atoms with Gasteiger partial charge in [-0.1, -0.05) is 48.5 Å². The van der Waals surface area contributed by atoms with Gasteiger partial charge in [0.15, 0.2) is 5.78 Å². The Hall–Kier alpha value is -2.92. The molecule has 0 radical (unpaired) electrons. The molecule has 1 aromatic heterocycles. The van der Waals surface area contributed by atoms with Crippen molar-refractivity contribution in [2.45, 2.75) is 12.8 Å². The van der Waals surface area contributed by atoms with Crippen molar-refractivity contribution in [3.63, 3.8) is 0 Å². The molecule has 5 heteroatoms. The van der Waals surface area contributed by atoms with E-state index >= 15 is 0 Å². The number of nitrogens with zero attached hydrogens (tertiary/aromatic N) is 2. The Kier molecular flexibility index (Phi) is 5.03. The third-order valence-electron chi connectivity index (χ3n) is 5.08. The first-order chi connectivity index (χ1) is 13.2. The average Bonchev–Trinajstić information content (AvgIpc) is 2.73. The van der Waals surface area contributed by atoms with E-state index in [1.54, 1.807) is 10.7 Å². The highest BCUT2D eigenvalue weighted by Crippen LogP contribution is 2.19. The van der Waals surface area contributed by atoms with Crippen molar-refractivity contribution in [2.75, 3.05) is 31.2 Å². The Balaban J connectivity index is 1.66. The Morgan fingerprint density at radius 3 is 2.44 bits per heavy atom. The van der Waals surface area contributed by atoms with Crippen LogP contribution < -0.4 is 15.9 Å². The van der Waals surface area contributed by atoms with Gasteiger partial charge in [-0.05, 0) is 18.1 Å². The number of para-hydroxylation sites is 1. The van der Waals surface area contributed by atoms with E-state index in [4.69, 9.17) is 0 Å². The van der Waals surface area contributed by atoms with E-state index in [1.165, 1.54) is 0 Å². The summed E-state index contributed by atoms with van der Waals surface area (Å²) in [6.45, 7) is 3.34. The third-order valence-corrected chi connectivity index (χ3v) is 5.08. The number of ketones is 1. The number of hydrogen-bond donors (Lipinski definition) is 1. The number of pyridine rings is 1. The smallest absolute Gasteiger partial charge is 0.269 e. The van der Waals surface area contributed by atoms with Gasteiger partial charge in [0.2, 0.25) is 0 Å². The van der Waals surface area contributed by atoms with E-state index in [0.717, 1.165) is 48.2 Å². The molecular weight excluding hydrogens is 338 g/mol. The van der Waals surface area contributed by atoms with Crippen molar-refractivity contribution >= 4 is 16.7 Å². The SMILES string of the molecule is O=C(CCc1cc(=O)n(N2CCNCC2)c2ccccc12)c1ccccc1. The van der Waals surface area contributed by atoms with Gasteiger partial charge in [0.25, 0.3) is 5.56 Å². The lowest BCUT2D eigenvalue weighted by atomic mass is 10.00. The summed E-state index contributed by atoms with van der Waals surface area (Å²) in [5.41, 5.74) is 2.54. The van der Waals surface area contributed by atoms with Crippen LogP contribution in [0.2, 0.25) is 0 Å². The lowest BCUT2D eigenvalue weighted by molar-refractivity contribution is 0.0983. The highest BCUT2D eigenvalue weighted by atomic mass is 16.1. The number of aryl methyl sites for hydroxylation is 1. The van der Waals surface area contributed by atoms with Gasteiger partial charge in [0, 0.05) is 49.6 Å². The second-order valence-corrected chi connectivity index (χ2v) is 6.83. The van der Waals surface area contributed by atoms with Gasteiger partial charge in [-0.15, -0.1) is 0 Å². The summed E-state index contributed by atoms with van der Waals surface area (Å²) in [7, 11) is 0. The fourth-order valence-corrected chi connectivity index (χ4v) is 3.70. The molecule has 27 heavy (non-hydrogen) atoms. The molecule has 1 fully saturated rings. The second kappa shape index (κ2) is 7.76. The van der Waals surface area contributed by atoms with E-state index in [2.05, 4.69) is 10.3 Å². The molecule has 3 aromatic rings. The van der Waals surface area contributed by atoms with Gasteiger partial charge in [-0.25, -0.2) is 4.68 Å². The maximum atomic E-state index is 12.9. The number of rotatable bonds is 5. The Morgan fingerprint density at radius 2 is 1.67 bits per heavy atom. The van der Waals surface area contributed by atoms with Crippen LogP contribution in [0.4, 0.5) is 0 Å². The topological polar surface area (TPSA) is 54.3 Å². The number of benzene rings is 2. The first-order valence-electron chi connectivity index (χ1n) is 9.42. The van der Waals surface area contributed by atoms with E-state index in [1.807, 2.05) is 54.6 Å². The summed E-state index contributed by atoms with van der Waals surface area (Å²) in [4.78, 5) is 25.3. The van der Waals surface area contributed by atoms with Crippen LogP contribution in [0, 0.1) is 0 Å². The van der Waals surface area contributed by atoms with Gasteiger partial charge < -0.3 is 10.3 Å². The molecule has 0 amide bonds. The lowest BCUT2D eigenvalue weighted by Gasteiger charge is -2.32. The number of aromatic nitrogens is 1. The van der Waals surface area contributed by atoms with Crippen LogP contribution in [0.25, 0.3) is 10.9 Å². The third kappa shape index (κ3) is 3.64. The summed E-state index contributed by atoms with van der Waals surface area (Å²) in [6.07, 6.45) is 0.955. The molecule has 0 spiro atoms. The fourth-order valence-electron chi connectivity index (χ4n) is 3.70. The summed E-state index contributed by atoms with van der Waals surface area (Å²) >= 11 is 0. The van der Waals surface area contributed by atoms with Gasteiger partial charge in [0.1, 0.15) is 0 Å². The van der Waals surface area contributed by atoms with Crippen molar-refractivity contribution in [1.29, 1.82) is 0 Å². The fraction of sp³-hybridized carbons (Fsp3) is 0.273. The van der Waals surface area contributed by atoms with Crippen molar-refractivity contribution < 1.29 is 4.79 Å². The molecule has 2 heterocycles. The van der Waals surface area contributed by atoms with E-state index in [0.29, 0.717) is 12.8 Å². The van der Waals surface area contributed by atoms with Gasteiger partial charge >= 0.3 is 0 Å². The predicted molar refractivity (Wildman–Crippen MR) is 108 cm³/mol. The summed E-state index contributed by atoms with van der Waals surface area (Å²) < 4.78 is 1.79. The monoisotopic (exact) mass is 361 g/mol. The molecule has 0 bridgehead atoms. The number of carbonyl (C=O) groups excluding carboxylic acids is 1. The Labute approximate surface area is 158 Å². The van der Waals surface area contributed by atoms with Crippen LogP contribution in [0.3, 0.4) is 0 Å². The van der Waals surface area contributed by atoms with E-state index < -0.39 is 0 Å². The molecule has 4 rings (SSSR count). The molecule has 0 unspecified atom stereocenters. The molecule has 1 N–H and O–H groups in total. The minimum absolute atomic E-state index is 0.0299. The van der Waals surface area contributed by atoms with E-state index in [-0.39, 0.29) is 11.3 Å². The zero-order chi connectivity index (χ0) is 18.6. The number of fused-ring (bicyclic) bond motifs is 1. The largest absolute Gasteiger partial charge is 0.313 e. The molecule has 1 aliphatic heterocycles. The Bertz CT molecular complexity index is 1000. The standard InChI is InChI=1S/C22H23N3O2/c26-21(17-6-2-1-3-7-17)11-10-18-16-22(27)25(24-14-12-23-13-15-24)20-9-5-4-8-19(18)20/h1-9,16,23H,10-15H2. The number of piperazine rings is 1. The maximum absolute atomic E-state index is 12.9. The van der Waals surface area contributed by atoms with Gasteiger partial charge in [-0.2, -0.15) is 0 Å². The zero-order valence-electron chi connectivity index (χ0n) is 15.2. The molecule has 2 aromatic carbocycles. The molecule has 1 aliphatic rings. The highest BCUT2D eigenvalue weighted by molar-refractivity contribution is 5.96. The van der Waals surface area contributed by atoms with E-state index in [9.17, 15) is 9.59 Å². The minimum Gasteiger partial charge on any atom is -0.313 e. The van der Waals surface area contributed by atoms with Crippen LogP contribution in [-0.4, -0.2) is 36.6 Å². The lowest BCUT2D eigenvalue weighted by Crippen LogP contribution is -2.52. The van der Waals surface area contributed by atoms with Gasteiger partial charge in [0.05, 0.1) is 5.52 Å². The van der Waals surface area contributed by atoms with Crippen molar-refractivity contribution in [3.05, 3.63) is 82.1 Å². The molecule has 138 valence electrons. The summed E-state index contributed by atoms with van der Waals surface area (Å²) in [6, 6.07) is 19.0. The van der Waals surface area contributed by atoms with Gasteiger partial charge in [-0.3, -0.25) is 9.59 Å². The first kappa shape index (κ1) is 17.5. The van der Waals surface area contributed by atoms with Crippen molar-refractivity contribution in [1.82, 2.24) is 9.99 Å². The zero-order valence-corrected chi connectivity index (χ0v) is 15.2. The number of carbonyl (C=O) groups is 1. The average molecular weight is 361 g/mol. The number of nitrogens with one attached hydrogen (secondary N) is 1.